The van der Waals surface area contributed by atoms with Crippen molar-refractivity contribution in [3.8, 4) is 28.7 Å². The van der Waals surface area contributed by atoms with Gasteiger partial charge in [0.05, 0.1) is 12.0 Å². The molecule has 0 radical (unpaired) electrons. The number of fused-ring (bicyclic) bond motifs is 2. The van der Waals surface area contributed by atoms with E-state index in [4.69, 9.17) is 18.6 Å². The van der Waals surface area contributed by atoms with Gasteiger partial charge >= 0.3 is 5.97 Å². The van der Waals surface area contributed by atoms with Crippen molar-refractivity contribution in [1.29, 1.82) is 0 Å². The van der Waals surface area contributed by atoms with Crippen LogP contribution in [0.1, 0.15) is 5.56 Å². The van der Waals surface area contributed by atoms with Gasteiger partial charge in [-0.25, -0.2) is 4.79 Å². The number of hydrogen-bond donors (Lipinski definition) is 7. The van der Waals surface area contributed by atoms with Gasteiger partial charge < -0.3 is 54.4 Å². The van der Waals surface area contributed by atoms with Crippen LogP contribution < -0.4 is 10.2 Å². The van der Waals surface area contributed by atoms with Gasteiger partial charge in [-0.05, 0) is 17.7 Å². The Hall–Kier alpha value is -4.82. The van der Waals surface area contributed by atoms with Gasteiger partial charge in [0.15, 0.2) is 35.2 Å². The van der Waals surface area contributed by atoms with Crippen LogP contribution in [0.3, 0.4) is 0 Å². The molecule has 214 valence electrons. The van der Waals surface area contributed by atoms with E-state index in [2.05, 4.69) is 0 Å². The minimum Gasteiger partial charge on any atom is -0.504 e. The first kappa shape index (κ1) is 27.7. The summed E-state index contributed by atoms with van der Waals surface area (Å²) in [5.41, 5.74) is -0.633. The van der Waals surface area contributed by atoms with Gasteiger partial charge in [-0.1, -0.05) is 30.3 Å². The second kappa shape index (κ2) is 11.0. The minimum absolute atomic E-state index is 0.151. The predicted octanol–water partition coefficient (Wildman–Crippen LogP) is 1.21. The summed E-state index contributed by atoms with van der Waals surface area (Å²) in [4.78, 5) is 25.6. The molecule has 3 aromatic carbocycles. The molecule has 1 saturated heterocycles. The second-order valence-corrected chi connectivity index (χ2v) is 9.18. The molecule has 0 saturated carbocycles. The maximum absolute atomic E-state index is 13.1. The third kappa shape index (κ3) is 5.21. The van der Waals surface area contributed by atoms with Crippen LogP contribution in [0.5, 0.6) is 28.7 Å². The third-order valence-corrected chi connectivity index (χ3v) is 6.49. The van der Waals surface area contributed by atoms with E-state index in [1.807, 2.05) is 0 Å². The fourth-order valence-corrected chi connectivity index (χ4v) is 4.41. The molecule has 0 amide bonds. The van der Waals surface area contributed by atoms with Crippen molar-refractivity contribution in [3.63, 3.8) is 0 Å². The van der Waals surface area contributed by atoms with Crippen molar-refractivity contribution < 1.29 is 59.2 Å². The van der Waals surface area contributed by atoms with Crippen LogP contribution in [-0.4, -0.2) is 79.0 Å². The molecule has 1 aromatic heterocycles. The Morgan fingerprint density at radius 1 is 0.927 bits per heavy atom. The highest BCUT2D eigenvalue weighted by molar-refractivity contribution is 5.96. The van der Waals surface area contributed by atoms with Crippen LogP contribution in [0.4, 0.5) is 0 Å². The monoisotopic (exact) mass is 568 g/mol. The van der Waals surface area contributed by atoms with Crippen LogP contribution in [0.15, 0.2) is 63.8 Å². The molecule has 1 aliphatic rings. The number of hydrogen-bond acceptors (Lipinski definition) is 13. The molecule has 7 N–H and O–H groups in total. The zero-order valence-corrected chi connectivity index (χ0v) is 20.9. The van der Waals surface area contributed by atoms with Gasteiger partial charge in [0.1, 0.15) is 28.8 Å². The molecule has 0 spiro atoms. The number of aromatic hydroxyl groups is 4. The Labute approximate surface area is 229 Å². The Bertz CT molecular complexity index is 1700. The van der Waals surface area contributed by atoms with Crippen molar-refractivity contribution >= 4 is 34.0 Å². The smallest absolute Gasteiger partial charge is 0.331 e. The Morgan fingerprint density at radius 3 is 2.32 bits per heavy atom. The number of aliphatic hydroxyl groups excluding tert-OH is 3. The average molecular weight is 568 g/mol. The van der Waals surface area contributed by atoms with Crippen molar-refractivity contribution in [2.75, 3.05) is 6.61 Å². The molecule has 1 fully saturated rings. The largest absolute Gasteiger partial charge is 0.504 e. The lowest BCUT2D eigenvalue weighted by atomic mass is 9.99. The molecule has 4 aromatic rings. The summed E-state index contributed by atoms with van der Waals surface area (Å²) >= 11 is 0. The zero-order chi connectivity index (χ0) is 29.4. The minimum atomic E-state index is -1.90. The maximum atomic E-state index is 13.1. The van der Waals surface area contributed by atoms with Crippen LogP contribution >= 0.6 is 0 Å². The van der Waals surface area contributed by atoms with E-state index < -0.39 is 82.8 Å². The van der Waals surface area contributed by atoms with E-state index in [9.17, 15) is 45.3 Å². The first-order valence-corrected chi connectivity index (χ1v) is 12.2. The van der Waals surface area contributed by atoms with Gasteiger partial charge in [-0.2, -0.15) is 0 Å². The lowest BCUT2D eigenvalue weighted by Gasteiger charge is -2.41. The number of benzene rings is 3. The Kier molecular flexibility index (Phi) is 7.43. The number of carbonyl (C=O) groups is 1. The van der Waals surface area contributed by atoms with Crippen molar-refractivity contribution in [1.82, 2.24) is 0 Å². The van der Waals surface area contributed by atoms with E-state index in [0.717, 1.165) is 24.3 Å². The highest BCUT2D eigenvalue weighted by Gasteiger charge is 2.48. The van der Waals surface area contributed by atoms with Crippen LogP contribution in [0, 0.1) is 0 Å². The third-order valence-electron chi connectivity index (χ3n) is 6.49. The van der Waals surface area contributed by atoms with E-state index in [0.29, 0.717) is 5.56 Å². The summed E-state index contributed by atoms with van der Waals surface area (Å²) in [5.74, 6) is -4.55. The molecule has 13 nitrogen and oxygen atoms in total. The number of phenols is 4. The summed E-state index contributed by atoms with van der Waals surface area (Å²) < 4.78 is 21.6. The van der Waals surface area contributed by atoms with Gasteiger partial charge in [0, 0.05) is 18.2 Å². The van der Waals surface area contributed by atoms with E-state index in [-0.39, 0.29) is 16.6 Å². The van der Waals surface area contributed by atoms with Crippen LogP contribution in [0.25, 0.3) is 28.0 Å². The van der Waals surface area contributed by atoms with E-state index in [1.54, 1.807) is 30.3 Å². The van der Waals surface area contributed by atoms with Gasteiger partial charge in [0.2, 0.25) is 17.5 Å². The first-order chi connectivity index (χ1) is 19.6. The van der Waals surface area contributed by atoms with Crippen LogP contribution in [0.2, 0.25) is 0 Å². The fraction of sp³-hybridized carbons (Fsp3) is 0.214. The SMILES string of the molecule is O=C(C=Cc1ccccc1)OC1C(O)C(CO)OC(Oc2c(O)cc3oc4cc(O)c(O)cc4c(=O)c3c2O)C1O. The quantitative estimate of drug-likeness (QED) is 0.0754. The molecule has 13 heteroatoms. The fourth-order valence-electron chi connectivity index (χ4n) is 4.41. The summed E-state index contributed by atoms with van der Waals surface area (Å²) in [5, 5.41) is 71.4. The maximum Gasteiger partial charge on any atom is 0.331 e. The number of rotatable bonds is 6. The molecule has 1 aliphatic heterocycles. The molecule has 5 rings (SSSR count). The van der Waals surface area contributed by atoms with E-state index >= 15 is 0 Å². The molecule has 2 heterocycles. The molecule has 5 unspecified atom stereocenters. The summed E-state index contributed by atoms with van der Waals surface area (Å²) in [6.45, 7) is -0.788. The van der Waals surface area contributed by atoms with Crippen molar-refractivity contribution in [2.24, 2.45) is 0 Å². The second-order valence-electron chi connectivity index (χ2n) is 9.18. The molecular weight excluding hydrogens is 544 g/mol. The summed E-state index contributed by atoms with van der Waals surface area (Å²) in [6.07, 6.45) is -6.00. The van der Waals surface area contributed by atoms with Crippen molar-refractivity contribution in [2.45, 2.75) is 30.7 Å². The zero-order valence-electron chi connectivity index (χ0n) is 20.9. The predicted molar refractivity (Wildman–Crippen MR) is 140 cm³/mol. The normalized spacial score (nSPS) is 22.8. The summed E-state index contributed by atoms with van der Waals surface area (Å²) in [7, 11) is 0. The van der Waals surface area contributed by atoms with Crippen molar-refractivity contribution in [3.05, 3.63) is 70.4 Å². The molecule has 0 bridgehead atoms. The number of esters is 1. The Balaban J connectivity index is 1.46. The Morgan fingerprint density at radius 2 is 1.61 bits per heavy atom. The lowest BCUT2D eigenvalue weighted by Crippen LogP contribution is -2.61. The molecular formula is C28H24O13. The first-order valence-electron chi connectivity index (χ1n) is 12.2. The number of ether oxygens (including phenoxy) is 3. The number of carbonyl (C=O) groups excluding carboxylic acids is 1. The molecule has 0 aliphatic carbocycles. The van der Waals surface area contributed by atoms with E-state index in [1.165, 1.54) is 6.08 Å². The lowest BCUT2D eigenvalue weighted by molar-refractivity contribution is -0.280. The molecule has 41 heavy (non-hydrogen) atoms. The molecule has 5 atom stereocenters. The van der Waals surface area contributed by atoms with Gasteiger partial charge in [-0.15, -0.1) is 0 Å². The number of aliphatic hydroxyl groups is 3. The highest BCUT2D eigenvalue weighted by atomic mass is 16.7. The topological polar surface area (TPSA) is 217 Å². The van der Waals surface area contributed by atoms with Gasteiger partial charge in [0.25, 0.3) is 0 Å². The van der Waals surface area contributed by atoms with Gasteiger partial charge in [-0.3, -0.25) is 4.79 Å². The number of phenolic OH excluding ortho intramolecular Hbond substituents is 4. The average Bonchev–Trinajstić information content (AvgIpc) is 2.95. The standard InChI is InChI=1S/C28H24O13/c29-11-19-23(35)27(40-20(33)7-6-12-4-2-1-3-5-12)25(37)28(39-19)41-26-16(32)10-18-21(24(26)36)22(34)13-8-14(30)15(31)9-17(13)38-18/h1-10,19,23,25,27-32,35-37H,11H2. The van der Waals surface area contributed by atoms with Crippen LogP contribution in [-0.2, 0) is 14.3 Å². The summed E-state index contributed by atoms with van der Waals surface area (Å²) in [6, 6.07) is 11.6. The highest BCUT2D eigenvalue weighted by Crippen LogP contribution is 2.44.